The van der Waals surface area contributed by atoms with E-state index in [2.05, 4.69) is 5.32 Å². The van der Waals surface area contributed by atoms with Crippen LogP contribution in [0.15, 0.2) is 0 Å². The highest BCUT2D eigenvalue weighted by Crippen LogP contribution is 2.32. The number of ketones is 1. The summed E-state index contributed by atoms with van der Waals surface area (Å²) in [6.45, 7) is 5.53. The Balaban J connectivity index is 2.45. The number of carbonyl (C=O) groups excluding carboxylic acids is 2. The van der Waals surface area contributed by atoms with Gasteiger partial charge in [0, 0.05) is 13.5 Å². The molecule has 0 radical (unpaired) electrons. The number of rotatable bonds is 6. The molecule has 0 spiro atoms. The van der Waals surface area contributed by atoms with E-state index < -0.39 is 17.7 Å². The first kappa shape index (κ1) is 15.0. The number of hydrogen-bond donors (Lipinski definition) is 1. The molecule has 0 unspecified atom stereocenters. The molecule has 1 rings (SSSR count). The molecule has 0 aliphatic heterocycles. The molecule has 1 saturated carbocycles. The molecule has 1 aliphatic carbocycles. The van der Waals surface area contributed by atoms with Gasteiger partial charge in [-0.2, -0.15) is 0 Å². The first-order chi connectivity index (χ1) is 8.31. The molecule has 1 N–H and O–H groups in total. The minimum Gasteiger partial charge on any atom is -0.444 e. The number of carbonyl (C=O) groups is 2. The Morgan fingerprint density at radius 2 is 1.94 bits per heavy atom. The summed E-state index contributed by atoms with van der Waals surface area (Å²) in [5.74, 6) is 0.516. The highest BCUT2D eigenvalue weighted by Gasteiger charge is 2.30. The standard InChI is InChI=1S/C13H23NO4/c1-13(2,3)18-12(16)14-10(8-17-4)11(15)7-9-5-6-9/h9-10H,5-8H2,1-4H3,(H,14,16)/t10-/m0/s1. The van der Waals surface area contributed by atoms with E-state index in [1.807, 2.05) is 0 Å². The molecule has 0 aromatic carbocycles. The second-order valence-electron chi connectivity index (χ2n) is 5.77. The van der Waals surface area contributed by atoms with Gasteiger partial charge in [-0.25, -0.2) is 4.79 Å². The molecule has 0 bridgehead atoms. The Bertz CT molecular complexity index is 305. The van der Waals surface area contributed by atoms with Crippen molar-refractivity contribution in [2.45, 2.75) is 51.7 Å². The van der Waals surface area contributed by atoms with Gasteiger partial charge in [0.25, 0.3) is 0 Å². The summed E-state index contributed by atoms with van der Waals surface area (Å²) in [6.07, 6.45) is 2.16. The van der Waals surface area contributed by atoms with E-state index in [9.17, 15) is 9.59 Å². The van der Waals surface area contributed by atoms with Crippen LogP contribution >= 0.6 is 0 Å². The quantitative estimate of drug-likeness (QED) is 0.789. The first-order valence-corrected chi connectivity index (χ1v) is 6.33. The number of alkyl carbamates (subject to hydrolysis) is 1. The number of amides is 1. The fraction of sp³-hybridized carbons (Fsp3) is 0.846. The first-order valence-electron chi connectivity index (χ1n) is 6.33. The lowest BCUT2D eigenvalue weighted by atomic mass is 10.1. The van der Waals surface area contributed by atoms with E-state index in [4.69, 9.17) is 9.47 Å². The molecule has 104 valence electrons. The molecular weight excluding hydrogens is 234 g/mol. The molecule has 18 heavy (non-hydrogen) atoms. The van der Waals surface area contributed by atoms with Crippen LogP contribution in [0.3, 0.4) is 0 Å². The average Bonchev–Trinajstić information content (AvgIpc) is 2.98. The summed E-state index contributed by atoms with van der Waals surface area (Å²) >= 11 is 0. The summed E-state index contributed by atoms with van der Waals surface area (Å²) in [5, 5.41) is 2.57. The molecule has 1 amide bonds. The van der Waals surface area contributed by atoms with Crippen LogP contribution in [0.1, 0.15) is 40.0 Å². The van der Waals surface area contributed by atoms with Crippen molar-refractivity contribution in [1.29, 1.82) is 0 Å². The number of hydrogen-bond acceptors (Lipinski definition) is 4. The predicted octanol–water partition coefficient (Wildman–Crippen LogP) is 1.90. The van der Waals surface area contributed by atoms with Crippen LogP contribution < -0.4 is 5.32 Å². The molecule has 5 heteroatoms. The van der Waals surface area contributed by atoms with Crippen molar-refractivity contribution in [3.05, 3.63) is 0 Å². The van der Waals surface area contributed by atoms with E-state index in [0.717, 1.165) is 12.8 Å². The summed E-state index contributed by atoms with van der Waals surface area (Å²) in [5.41, 5.74) is -0.568. The van der Waals surface area contributed by atoms with Gasteiger partial charge >= 0.3 is 6.09 Å². The van der Waals surface area contributed by atoms with Gasteiger partial charge in [-0.15, -0.1) is 0 Å². The maximum absolute atomic E-state index is 11.9. The third-order valence-electron chi connectivity index (χ3n) is 2.60. The van der Waals surface area contributed by atoms with Crippen molar-refractivity contribution < 1.29 is 19.1 Å². The topological polar surface area (TPSA) is 64.6 Å². The molecule has 1 fully saturated rings. The lowest BCUT2D eigenvalue weighted by Crippen LogP contribution is -2.46. The average molecular weight is 257 g/mol. The van der Waals surface area contributed by atoms with Gasteiger partial charge in [-0.05, 0) is 39.5 Å². The van der Waals surface area contributed by atoms with Crippen molar-refractivity contribution in [2.75, 3.05) is 13.7 Å². The lowest BCUT2D eigenvalue weighted by Gasteiger charge is -2.22. The van der Waals surface area contributed by atoms with E-state index >= 15 is 0 Å². The van der Waals surface area contributed by atoms with Crippen LogP contribution in [-0.4, -0.2) is 37.2 Å². The van der Waals surface area contributed by atoms with Gasteiger partial charge in [0.05, 0.1) is 6.61 Å². The molecular formula is C13H23NO4. The van der Waals surface area contributed by atoms with Crippen molar-refractivity contribution in [3.63, 3.8) is 0 Å². The lowest BCUT2D eigenvalue weighted by molar-refractivity contribution is -0.122. The second kappa shape index (κ2) is 6.18. The SMILES string of the molecule is COC[C@H](NC(=O)OC(C)(C)C)C(=O)CC1CC1. The Hall–Kier alpha value is -1.10. The molecule has 1 aliphatic rings. The minimum absolute atomic E-state index is 0.0187. The number of ether oxygens (including phenoxy) is 2. The summed E-state index contributed by atoms with van der Waals surface area (Å²) in [4.78, 5) is 23.5. The van der Waals surface area contributed by atoms with Crippen molar-refractivity contribution in [2.24, 2.45) is 5.92 Å². The Morgan fingerprint density at radius 1 is 1.33 bits per heavy atom. The fourth-order valence-corrected chi connectivity index (χ4v) is 1.58. The molecule has 0 heterocycles. The Morgan fingerprint density at radius 3 is 2.39 bits per heavy atom. The molecule has 1 atom stereocenters. The highest BCUT2D eigenvalue weighted by molar-refractivity contribution is 5.87. The summed E-state index contributed by atoms with van der Waals surface area (Å²) in [7, 11) is 1.51. The third-order valence-corrected chi connectivity index (χ3v) is 2.60. The second-order valence-corrected chi connectivity index (χ2v) is 5.77. The van der Waals surface area contributed by atoms with Gasteiger partial charge in [0.1, 0.15) is 11.6 Å². The van der Waals surface area contributed by atoms with Gasteiger partial charge in [0.15, 0.2) is 5.78 Å². The highest BCUT2D eigenvalue weighted by atomic mass is 16.6. The van der Waals surface area contributed by atoms with Crippen LogP contribution in [0.2, 0.25) is 0 Å². The fourth-order valence-electron chi connectivity index (χ4n) is 1.58. The summed E-state index contributed by atoms with van der Waals surface area (Å²) < 4.78 is 10.1. The van der Waals surface area contributed by atoms with Crippen LogP contribution in [-0.2, 0) is 14.3 Å². The zero-order valence-corrected chi connectivity index (χ0v) is 11.6. The maximum atomic E-state index is 11.9. The minimum atomic E-state index is -0.606. The van der Waals surface area contributed by atoms with Crippen LogP contribution in [0.25, 0.3) is 0 Å². The summed E-state index contributed by atoms with van der Waals surface area (Å²) in [6, 6.07) is -0.606. The van der Waals surface area contributed by atoms with Crippen molar-refractivity contribution in [3.8, 4) is 0 Å². The van der Waals surface area contributed by atoms with Gasteiger partial charge in [-0.3, -0.25) is 4.79 Å². The zero-order chi connectivity index (χ0) is 13.8. The smallest absolute Gasteiger partial charge is 0.408 e. The van der Waals surface area contributed by atoms with E-state index in [1.54, 1.807) is 20.8 Å². The van der Waals surface area contributed by atoms with Gasteiger partial charge in [-0.1, -0.05) is 0 Å². The molecule has 0 saturated heterocycles. The van der Waals surface area contributed by atoms with Crippen molar-refractivity contribution >= 4 is 11.9 Å². The maximum Gasteiger partial charge on any atom is 0.408 e. The van der Waals surface area contributed by atoms with Gasteiger partial charge < -0.3 is 14.8 Å². The normalized spacial score (nSPS) is 17.1. The largest absolute Gasteiger partial charge is 0.444 e. The van der Waals surface area contributed by atoms with E-state index in [-0.39, 0.29) is 12.4 Å². The number of nitrogens with one attached hydrogen (secondary N) is 1. The predicted molar refractivity (Wildman–Crippen MR) is 67.4 cm³/mol. The van der Waals surface area contributed by atoms with Crippen LogP contribution in [0.4, 0.5) is 4.79 Å². The van der Waals surface area contributed by atoms with Gasteiger partial charge in [0.2, 0.25) is 0 Å². The zero-order valence-electron chi connectivity index (χ0n) is 11.6. The van der Waals surface area contributed by atoms with E-state index in [1.165, 1.54) is 7.11 Å². The van der Waals surface area contributed by atoms with Crippen molar-refractivity contribution in [1.82, 2.24) is 5.32 Å². The monoisotopic (exact) mass is 257 g/mol. The third kappa shape index (κ3) is 6.00. The molecule has 0 aromatic rings. The molecule has 0 aromatic heterocycles. The Labute approximate surface area is 108 Å². The van der Waals surface area contributed by atoms with E-state index in [0.29, 0.717) is 12.3 Å². The number of Topliss-reactive ketones (excluding diaryl/α,β-unsaturated/α-hetero) is 1. The van der Waals surface area contributed by atoms with Crippen LogP contribution in [0, 0.1) is 5.92 Å². The molecule has 5 nitrogen and oxygen atoms in total. The van der Waals surface area contributed by atoms with Crippen LogP contribution in [0.5, 0.6) is 0 Å². The Kier molecular flexibility index (Phi) is 5.14. The number of methoxy groups -OCH3 is 1.